The Morgan fingerprint density at radius 2 is 1.73 bits per heavy atom. The molecule has 0 spiro atoms. The van der Waals surface area contributed by atoms with E-state index >= 15 is 0 Å². The molecule has 2 heterocycles. The van der Waals surface area contributed by atoms with Gasteiger partial charge in [-0.3, -0.25) is 9.59 Å². The fourth-order valence-corrected chi connectivity index (χ4v) is 5.98. The van der Waals surface area contributed by atoms with Crippen molar-refractivity contribution in [1.29, 1.82) is 0 Å². The summed E-state index contributed by atoms with van der Waals surface area (Å²) in [5.74, 6) is -0.0589. The van der Waals surface area contributed by atoms with E-state index in [4.69, 9.17) is 4.52 Å². The molecule has 0 aliphatic rings. The first-order valence-electron chi connectivity index (χ1n) is 13.9. The second-order valence-corrected chi connectivity index (χ2v) is 13.1. The van der Waals surface area contributed by atoms with Crippen molar-refractivity contribution in [1.82, 2.24) is 14.9 Å². The zero-order valence-corrected chi connectivity index (χ0v) is 26.0. The molecular weight excluding hydrogens is 599 g/mol. The van der Waals surface area contributed by atoms with Gasteiger partial charge in [0.1, 0.15) is 0 Å². The molecule has 0 aliphatic carbocycles. The predicted octanol–water partition coefficient (Wildman–Crippen LogP) is 6.32. The van der Waals surface area contributed by atoms with E-state index in [1.165, 1.54) is 35.6 Å². The molecule has 0 saturated heterocycles. The number of amides is 2. The highest BCUT2D eigenvalue weighted by atomic mass is 32.2. The van der Waals surface area contributed by atoms with Gasteiger partial charge in [0, 0.05) is 30.3 Å². The maximum Gasteiger partial charge on any atom is 0.265 e. The van der Waals surface area contributed by atoms with Crippen molar-refractivity contribution in [3.8, 4) is 22.8 Å². The van der Waals surface area contributed by atoms with Crippen LogP contribution >= 0.6 is 11.3 Å². The lowest BCUT2D eigenvalue weighted by molar-refractivity contribution is 0.0980. The van der Waals surface area contributed by atoms with E-state index in [0.717, 1.165) is 18.7 Å². The summed E-state index contributed by atoms with van der Waals surface area (Å²) >= 11 is 1.36. The van der Waals surface area contributed by atoms with Gasteiger partial charge < -0.3 is 14.7 Å². The van der Waals surface area contributed by atoms with Gasteiger partial charge in [0.15, 0.2) is 0 Å². The van der Waals surface area contributed by atoms with Gasteiger partial charge >= 0.3 is 0 Å². The summed E-state index contributed by atoms with van der Waals surface area (Å²) in [5, 5.41) is 9.01. The molecule has 2 N–H and O–H groups in total. The third-order valence-corrected chi connectivity index (χ3v) is 8.99. The Hall–Kier alpha value is -4.81. The molecular formula is C32H31N5O5S2. The quantitative estimate of drug-likeness (QED) is 0.173. The Morgan fingerprint density at radius 3 is 2.45 bits per heavy atom. The average molecular weight is 630 g/mol. The largest absolute Gasteiger partial charge is 0.373 e. The second-order valence-electron chi connectivity index (χ2n) is 10.5. The zero-order valence-electron chi connectivity index (χ0n) is 24.4. The molecule has 0 saturated carbocycles. The van der Waals surface area contributed by atoms with Crippen molar-refractivity contribution in [3.05, 3.63) is 101 Å². The smallest absolute Gasteiger partial charge is 0.265 e. The number of aromatic nitrogens is 2. The number of sulfonamides is 1. The molecule has 10 nitrogen and oxygen atoms in total. The number of thiophene rings is 1. The van der Waals surface area contributed by atoms with Crippen LogP contribution in [0.15, 0.2) is 99.7 Å². The van der Waals surface area contributed by atoms with Crippen molar-refractivity contribution in [2.75, 3.05) is 23.8 Å². The number of nitrogens with zero attached hydrogens (tertiary/aromatic N) is 3. The molecule has 3 aromatic carbocycles. The van der Waals surface area contributed by atoms with E-state index in [9.17, 15) is 18.0 Å². The van der Waals surface area contributed by atoms with E-state index in [1.54, 1.807) is 42.5 Å². The molecule has 0 unspecified atom stereocenters. The monoisotopic (exact) mass is 629 g/mol. The summed E-state index contributed by atoms with van der Waals surface area (Å²) in [6.07, 6.45) is 0.986. The van der Waals surface area contributed by atoms with Crippen LogP contribution in [0.1, 0.15) is 40.3 Å². The number of hydrogen-bond donors (Lipinski definition) is 2. The van der Waals surface area contributed by atoms with E-state index in [-0.39, 0.29) is 28.1 Å². The van der Waals surface area contributed by atoms with Crippen LogP contribution in [0.3, 0.4) is 0 Å². The predicted molar refractivity (Wildman–Crippen MR) is 171 cm³/mol. The van der Waals surface area contributed by atoms with Crippen molar-refractivity contribution >= 4 is 44.5 Å². The first kappa shape index (κ1) is 30.6. The zero-order chi connectivity index (χ0) is 31.3. The number of carbonyl (C=O) groups excluding carboxylic acids is 2. The third-order valence-electron chi connectivity index (χ3n) is 6.78. The number of benzene rings is 3. The molecule has 12 heteroatoms. The standard InChI is InChI=1S/C32H31N5O5S2/c1-21(2)16-17-37(3)27-15-14-22(20-26(27)33-31(39)28-13-8-18-43-28)29-34-32(42-35-29)24-10-7-9-23(19-24)30(38)36-44(40,41)25-11-5-4-6-12-25/h4-15,18-21H,16-17H2,1-3H3,(H,33,39)(H,36,38). The Morgan fingerprint density at radius 1 is 0.932 bits per heavy atom. The third kappa shape index (κ3) is 7.21. The van der Waals surface area contributed by atoms with Gasteiger partial charge in [-0.25, -0.2) is 13.1 Å². The second kappa shape index (κ2) is 13.2. The molecule has 0 aliphatic heterocycles. The summed E-state index contributed by atoms with van der Waals surface area (Å²) in [7, 11) is -2.06. The molecule has 2 amide bonds. The Bertz CT molecular complexity index is 1870. The molecule has 0 fully saturated rings. The topological polar surface area (TPSA) is 134 Å². The molecule has 5 aromatic rings. The number of hydrogen-bond acceptors (Lipinski definition) is 9. The summed E-state index contributed by atoms with van der Waals surface area (Å²) < 4.78 is 32.9. The van der Waals surface area contributed by atoms with E-state index in [1.807, 2.05) is 30.6 Å². The molecule has 5 rings (SSSR count). The van der Waals surface area contributed by atoms with Crippen LogP contribution in [0.25, 0.3) is 22.8 Å². The maximum absolute atomic E-state index is 13.0. The van der Waals surface area contributed by atoms with Gasteiger partial charge in [-0.2, -0.15) is 4.98 Å². The normalized spacial score (nSPS) is 11.4. The van der Waals surface area contributed by atoms with Crippen LogP contribution in [0.5, 0.6) is 0 Å². The van der Waals surface area contributed by atoms with Gasteiger partial charge in [-0.15, -0.1) is 11.3 Å². The lowest BCUT2D eigenvalue weighted by Gasteiger charge is -2.24. The molecule has 0 bridgehead atoms. The van der Waals surface area contributed by atoms with Gasteiger partial charge in [-0.1, -0.05) is 49.3 Å². The fourth-order valence-electron chi connectivity index (χ4n) is 4.36. The summed E-state index contributed by atoms with van der Waals surface area (Å²) in [6.45, 7) is 5.14. The molecule has 2 aromatic heterocycles. The fraction of sp³-hybridized carbons (Fsp3) is 0.188. The Labute approximate surface area is 259 Å². The SMILES string of the molecule is CC(C)CCN(C)c1ccc(-c2noc(-c3cccc(C(=O)NS(=O)(=O)c4ccccc4)c3)n2)cc1NC(=O)c1cccs1. The van der Waals surface area contributed by atoms with Crippen molar-refractivity contribution in [2.45, 2.75) is 25.2 Å². The van der Waals surface area contributed by atoms with Crippen LogP contribution in [0.4, 0.5) is 11.4 Å². The molecule has 0 radical (unpaired) electrons. The van der Waals surface area contributed by atoms with Crippen LogP contribution in [-0.2, 0) is 10.0 Å². The van der Waals surface area contributed by atoms with Crippen LogP contribution in [0, 0.1) is 5.92 Å². The van der Waals surface area contributed by atoms with E-state index in [2.05, 4.69) is 38.9 Å². The highest BCUT2D eigenvalue weighted by Gasteiger charge is 2.21. The lowest BCUT2D eigenvalue weighted by Crippen LogP contribution is -2.30. The molecule has 44 heavy (non-hydrogen) atoms. The van der Waals surface area contributed by atoms with Crippen LogP contribution < -0.4 is 14.9 Å². The number of anilines is 2. The molecule has 0 atom stereocenters. The highest BCUT2D eigenvalue weighted by molar-refractivity contribution is 7.90. The maximum atomic E-state index is 13.0. The van der Waals surface area contributed by atoms with E-state index < -0.39 is 15.9 Å². The first-order valence-corrected chi connectivity index (χ1v) is 16.2. The Kier molecular flexibility index (Phi) is 9.21. The average Bonchev–Trinajstić information content (AvgIpc) is 3.74. The summed E-state index contributed by atoms with van der Waals surface area (Å²) in [5.41, 5.74) is 2.62. The van der Waals surface area contributed by atoms with Gasteiger partial charge in [0.05, 0.1) is 21.1 Å². The number of carbonyl (C=O) groups is 2. The minimum Gasteiger partial charge on any atom is -0.373 e. The summed E-state index contributed by atoms with van der Waals surface area (Å²) in [6, 6.07) is 23.1. The van der Waals surface area contributed by atoms with Gasteiger partial charge in [0.25, 0.3) is 27.7 Å². The highest BCUT2D eigenvalue weighted by Crippen LogP contribution is 2.32. The number of rotatable bonds is 11. The van der Waals surface area contributed by atoms with E-state index in [0.29, 0.717) is 27.6 Å². The van der Waals surface area contributed by atoms with Gasteiger partial charge in [-0.05, 0) is 72.3 Å². The minimum absolute atomic E-state index is 0.0193. The first-order chi connectivity index (χ1) is 21.1. The Balaban J connectivity index is 1.39. The van der Waals surface area contributed by atoms with Gasteiger partial charge in [0.2, 0.25) is 5.82 Å². The lowest BCUT2D eigenvalue weighted by atomic mass is 10.1. The van der Waals surface area contributed by atoms with Crippen LogP contribution in [0.2, 0.25) is 0 Å². The summed E-state index contributed by atoms with van der Waals surface area (Å²) in [4.78, 5) is 33.0. The minimum atomic E-state index is -4.05. The van der Waals surface area contributed by atoms with Crippen LogP contribution in [-0.4, -0.2) is 44.0 Å². The molecule has 226 valence electrons. The van der Waals surface area contributed by atoms with Crippen molar-refractivity contribution in [3.63, 3.8) is 0 Å². The number of nitrogens with one attached hydrogen (secondary N) is 2. The van der Waals surface area contributed by atoms with Crippen molar-refractivity contribution < 1.29 is 22.5 Å². The van der Waals surface area contributed by atoms with Crippen molar-refractivity contribution in [2.24, 2.45) is 5.92 Å².